The van der Waals surface area contributed by atoms with Gasteiger partial charge in [0.05, 0.1) is 27.1 Å². The van der Waals surface area contributed by atoms with Crippen LogP contribution in [0.4, 0.5) is 11.4 Å². The maximum atomic E-state index is 12.9. The first-order valence-electron chi connectivity index (χ1n) is 9.69. The highest BCUT2D eigenvalue weighted by Gasteiger charge is 2.33. The van der Waals surface area contributed by atoms with Crippen molar-refractivity contribution in [3.05, 3.63) is 105 Å². The Kier molecular flexibility index (Phi) is 6.49. The minimum atomic E-state index is -0.514. The van der Waals surface area contributed by atoms with E-state index in [9.17, 15) is 20.2 Å². The molecule has 1 fully saturated rings. The van der Waals surface area contributed by atoms with Crippen LogP contribution in [0.15, 0.2) is 77.7 Å². The van der Waals surface area contributed by atoms with Crippen LogP contribution in [0, 0.1) is 21.4 Å². The third-order valence-corrected chi connectivity index (χ3v) is 6.10. The fraction of sp³-hybridized carbons (Fsp3) is 0.0417. The predicted molar refractivity (Wildman–Crippen MR) is 131 cm³/mol. The predicted octanol–water partition coefficient (Wildman–Crippen LogP) is 5.45. The number of thiocarbonyl (C=S) groups is 1. The maximum Gasteiger partial charge on any atom is 0.271 e. The molecule has 3 aromatic rings. The normalized spacial score (nSPS) is 14.4. The average molecular weight is 474 g/mol. The van der Waals surface area contributed by atoms with Crippen molar-refractivity contribution in [1.82, 2.24) is 0 Å². The zero-order chi connectivity index (χ0) is 23.4. The second kappa shape index (κ2) is 9.65. The molecule has 0 N–H and O–H groups in total. The number of carbonyl (C=O) groups excluding carboxylic acids is 1. The van der Waals surface area contributed by atoms with Gasteiger partial charge in [-0.2, -0.15) is 5.26 Å². The molecule has 1 aliphatic rings. The number of non-ortho nitro benzene ring substituents is 1. The van der Waals surface area contributed by atoms with Crippen LogP contribution in [0.3, 0.4) is 0 Å². The van der Waals surface area contributed by atoms with Gasteiger partial charge in [0.25, 0.3) is 11.6 Å². The second-order valence-electron chi connectivity index (χ2n) is 6.92. The maximum absolute atomic E-state index is 12.9. The van der Waals surface area contributed by atoms with Crippen molar-refractivity contribution < 1.29 is 14.5 Å². The lowest BCUT2D eigenvalue weighted by molar-refractivity contribution is -0.384. The molecular formula is C24H15N3O4S2. The van der Waals surface area contributed by atoms with E-state index in [1.165, 1.54) is 23.1 Å². The lowest BCUT2D eigenvalue weighted by atomic mass is 10.1. The summed E-state index contributed by atoms with van der Waals surface area (Å²) in [4.78, 5) is 25.2. The zero-order valence-electron chi connectivity index (χ0n) is 17.0. The van der Waals surface area contributed by atoms with Crippen LogP contribution in [0.1, 0.15) is 16.7 Å². The van der Waals surface area contributed by atoms with Gasteiger partial charge in [0, 0.05) is 17.7 Å². The molecule has 0 bridgehead atoms. The number of anilines is 1. The van der Waals surface area contributed by atoms with Crippen molar-refractivity contribution in [2.75, 3.05) is 4.90 Å². The molecule has 1 amide bonds. The Balaban J connectivity index is 1.47. The minimum Gasteiger partial charge on any atom is -0.489 e. The van der Waals surface area contributed by atoms with Crippen LogP contribution in [-0.2, 0) is 11.4 Å². The summed E-state index contributed by atoms with van der Waals surface area (Å²) in [6.45, 7) is 0.269. The Morgan fingerprint density at radius 3 is 2.61 bits per heavy atom. The molecule has 0 aromatic heterocycles. The Bertz CT molecular complexity index is 1330. The number of hydrogen-bond donors (Lipinski definition) is 0. The molecule has 4 rings (SSSR count). The van der Waals surface area contributed by atoms with Gasteiger partial charge in [-0.05, 0) is 35.9 Å². The van der Waals surface area contributed by atoms with E-state index < -0.39 is 4.92 Å². The third-order valence-electron chi connectivity index (χ3n) is 4.80. The number of hydrogen-bond acceptors (Lipinski definition) is 7. The first-order valence-corrected chi connectivity index (χ1v) is 10.9. The Morgan fingerprint density at radius 2 is 1.88 bits per heavy atom. The van der Waals surface area contributed by atoms with Crippen molar-refractivity contribution in [2.24, 2.45) is 0 Å². The highest BCUT2D eigenvalue weighted by molar-refractivity contribution is 8.27. The van der Waals surface area contributed by atoms with Crippen molar-refractivity contribution in [3.63, 3.8) is 0 Å². The summed E-state index contributed by atoms with van der Waals surface area (Å²) in [5.74, 6) is 0.294. The number of nitrogens with zero attached hydrogens (tertiary/aromatic N) is 3. The Labute approximate surface area is 199 Å². The van der Waals surface area contributed by atoms with Crippen molar-refractivity contribution >= 4 is 51.7 Å². The molecule has 0 unspecified atom stereocenters. The summed E-state index contributed by atoms with van der Waals surface area (Å²) in [6.07, 6.45) is 1.71. The van der Waals surface area contributed by atoms with Gasteiger partial charge in [0.2, 0.25) is 0 Å². The minimum absolute atomic E-state index is 0.112. The average Bonchev–Trinajstić information content (AvgIpc) is 3.11. The number of ether oxygens (including phenoxy) is 1. The number of thioether (sulfide) groups is 1. The number of benzene rings is 3. The number of rotatable bonds is 6. The largest absolute Gasteiger partial charge is 0.489 e. The highest BCUT2D eigenvalue weighted by atomic mass is 32.2. The molecule has 0 radical (unpaired) electrons. The van der Waals surface area contributed by atoms with Crippen molar-refractivity contribution in [1.29, 1.82) is 5.26 Å². The van der Waals surface area contributed by atoms with E-state index in [-0.39, 0.29) is 18.2 Å². The molecule has 0 spiro atoms. The summed E-state index contributed by atoms with van der Waals surface area (Å²) in [6, 6.07) is 22.4. The fourth-order valence-electron chi connectivity index (χ4n) is 3.16. The molecule has 3 aromatic carbocycles. The lowest BCUT2D eigenvalue weighted by Gasteiger charge is -2.13. The second-order valence-corrected chi connectivity index (χ2v) is 8.60. The monoisotopic (exact) mass is 473 g/mol. The van der Waals surface area contributed by atoms with E-state index in [4.69, 9.17) is 17.0 Å². The van der Waals surface area contributed by atoms with Gasteiger partial charge in [-0.25, -0.2) is 0 Å². The van der Waals surface area contributed by atoms with E-state index in [1.807, 2.05) is 24.3 Å². The summed E-state index contributed by atoms with van der Waals surface area (Å²) in [7, 11) is 0. The van der Waals surface area contributed by atoms with Gasteiger partial charge in [-0.1, -0.05) is 60.4 Å². The quantitative estimate of drug-likeness (QED) is 0.203. The van der Waals surface area contributed by atoms with E-state index in [2.05, 4.69) is 6.07 Å². The van der Waals surface area contributed by atoms with Crippen LogP contribution in [0.25, 0.3) is 6.08 Å². The van der Waals surface area contributed by atoms with E-state index in [0.29, 0.717) is 26.2 Å². The number of nitro groups is 1. The number of nitriles is 1. The van der Waals surface area contributed by atoms with Gasteiger partial charge < -0.3 is 4.74 Å². The van der Waals surface area contributed by atoms with Crippen LogP contribution in [-0.4, -0.2) is 15.2 Å². The zero-order valence-corrected chi connectivity index (χ0v) is 18.6. The van der Waals surface area contributed by atoms with Crippen LogP contribution >= 0.6 is 24.0 Å². The molecule has 1 heterocycles. The topological polar surface area (TPSA) is 96.5 Å². The van der Waals surface area contributed by atoms with Crippen LogP contribution < -0.4 is 9.64 Å². The van der Waals surface area contributed by atoms with Crippen molar-refractivity contribution in [3.8, 4) is 11.8 Å². The standard InChI is InChI=1S/C24H15N3O4S2/c25-14-17-4-1-2-5-18(17)15-31-21-10-8-16(9-11-21)12-22-23(28)26(24(32)33-22)19-6-3-7-20(13-19)27(29)30/h1-13H,15H2. The first-order chi connectivity index (χ1) is 16.0. The molecule has 0 atom stereocenters. The smallest absolute Gasteiger partial charge is 0.271 e. The summed E-state index contributed by atoms with van der Waals surface area (Å²) < 4.78 is 6.08. The fourth-order valence-corrected chi connectivity index (χ4v) is 4.46. The van der Waals surface area contributed by atoms with Gasteiger partial charge in [0.15, 0.2) is 4.32 Å². The summed E-state index contributed by atoms with van der Waals surface area (Å²) in [5.41, 5.74) is 2.39. The first kappa shape index (κ1) is 22.2. The van der Waals surface area contributed by atoms with E-state index in [0.717, 1.165) is 22.9 Å². The van der Waals surface area contributed by atoms with Crippen molar-refractivity contribution in [2.45, 2.75) is 6.61 Å². The molecule has 9 heteroatoms. The molecule has 7 nitrogen and oxygen atoms in total. The molecular weight excluding hydrogens is 458 g/mol. The summed E-state index contributed by atoms with van der Waals surface area (Å²) >= 11 is 6.48. The van der Waals surface area contributed by atoms with Gasteiger partial charge in [-0.3, -0.25) is 19.8 Å². The number of nitro benzene ring substituents is 1. The molecule has 1 aliphatic heterocycles. The van der Waals surface area contributed by atoms with Crippen LogP contribution in [0.2, 0.25) is 0 Å². The Morgan fingerprint density at radius 1 is 1.12 bits per heavy atom. The highest BCUT2D eigenvalue weighted by Crippen LogP contribution is 2.37. The lowest BCUT2D eigenvalue weighted by Crippen LogP contribution is -2.27. The number of carbonyl (C=O) groups is 1. The molecule has 0 saturated carbocycles. The SMILES string of the molecule is N#Cc1ccccc1COc1ccc(C=C2SC(=S)N(c3cccc([N+](=O)[O-])c3)C2=O)cc1. The van der Waals surface area contributed by atoms with E-state index >= 15 is 0 Å². The van der Waals surface area contributed by atoms with E-state index in [1.54, 1.807) is 36.4 Å². The molecule has 0 aliphatic carbocycles. The molecule has 33 heavy (non-hydrogen) atoms. The number of amides is 1. The van der Waals surface area contributed by atoms with Gasteiger partial charge >= 0.3 is 0 Å². The third kappa shape index (κ3) is 4.92. The Hall–Kier alpha value is -4.00. The van der Waals surface area contributed by atoms with Gasteiger partial charge in [0.1, 0.15) is 12.4 Å². The van der Waals surface area contributed by atoms with Gasteiger partial charge in [-0.15, -0.1) is 0 Å². The molecule has 162 valence electrons. The summed E-state index contributed by atoms with van der Waals surface area (Å²) in [5, 5.41) is 20.2. The molecule has 1 saturated heterocycles. The van der Waals surface area contributed by atoms with Crippen LogP contribution in [0.5, 0.6) is 5.75 Å².